The van der Waals surface area contributed by atoms with Crippen molar-refractivity contribution in [1.82, 2.24) is 5.32 Å². The van der Waals surface area contributed by atoms with Crippen molar-refractivity contribution in [2.75, 3.05) is 19.8 Å². The smallest absolute Gasteiger partial charge is 0.288 e. The SMILES string of the molecule is FC(F)Sc1cccc(C2COCCN2)c1. The van der Waals surface area contributed by atoms with Gasteiger partial charge in [-0.3, -0.25) is 0 Å². The van der Waals surface area contributed by atoms with Gasteiger partial charge >= 0.3 is 0 Å². The van der Waals surface area contributed by atoms with Crippen molar-refractivity contribution >= 4 is 11.8 Å². The number of benzene rings is 1. The summed E-state index contributed by atoms with van der Waals surface area (Å²) in [6.07, 6.45) is 0. The van der Waals surface area contributed by atoms with Crippen LogP contribution in [-0.4, -0.2) is 25.5 Å². The number of hydrogen-bond acceptors (Lipinski definition) is 3. The molecule has 5 heteroatoms. The second-order valence-corrected chi connectivity index (χ2v) is 4.60. The first-order valence-corrected chi connectivity index (χ1v) is 5.99. The van der Waals surface area contributed by atoms with E-state index < -0.39 is 5.76 Å². The van der Waals surface area contributed by atoms with Gasteiger partial charge in [0.25, 0.3) is 5.76 Å². The molecule has 1 aromatic rings. The number of ether oxygens (including phenoxy) is 1. The van der Waals surface area contributed by atoms with Crippen LogP contribution in [0.15, 0.2) is 29.2 Å². The third-order valence-electron chi connectivity index (χ3n) is 2.41. The van der Waals surface area contributed by atoms with Gasteiger partial charge in [-0.1, -0.05) is 23.9 Å². The van der Waals surface area contributed by atoms with Crippen LogP contribution >= 0.6 is 11.8 Å². The van der Waals surface area contributed by atoms with Crippen molar-refractivity contribution in [3.05, 3.63) is 29.8 Å². The van der Waals surface area contributed by atoms with Crippen LogP contribution in [0.25, 0.3) is 0 Å². The van der Waals surface area contributed by atoms with E-state index >= 15 is 0 Å². The highest BCUT2D eigenvalue weighted by molar-refractivity contribution is 7.99. The topological polar surface area (TPSA) is 21.3 Å². The van der Waals surface area contributed by atoms with E-state index in [1.165, 1.54) is 0 Å². The van der Waals surface area contributed by atoms with Crippen LogP contribution in [0.1, 0.15) is 11.6 Å². The van der Waals surface area contributed by atoms with Gasteiger partial charge in [0, 0.05) is 11.4 Å². The standard InChI is InChI=1S/C11H13F2NOS/c12-11(13)16-9-3-1-2-8(6-9)10-7-15-5-4-14-10/h1-3,6,10-11,14H,4-5,7H2. The molecule has 1 unspecified atom stereocenters. The third kappa shape index (κ3) is 3.17. The highest BCUT2D eigenvalue weighted by atomic mass is 32.2. The summed E-state index contributed by atoms with van der Waals surface area (Å²) in [7, 11) is 0. The molecule has 0 aliphatic carbocycles. The minimum atomic E-state index is -2.37. The molecule has 1 atom stereocenters. The Bertz CT molecular complexity index is 343. The average molecular weight is 245 g/mol. The molecule has 0 radical (unpaired) electrons. The van der Waals surface area contributed by atoms with Crippen LogP contribution in [0, 0.1) is 0 Å². The van der Waals surface area contributed by atoms with Crippen LogP contribution < -0.4 is 5.32 Å². The number of rotatable bonds is 3. The first kappa shape index (κ1) is 11.8. The van der Waals surface area contributed by atoms with Crippen LogP contribution in [0.5, 0.6) is 0 Å². The zero-order valence-electron chi connectivity index (χ0n) is 8.66. The van der Waals surface area contributed by atoms with Crippen molar-refractivity contribution < 1.29 is 13.5 Å². The zero-order chi connectivity index (χ0) is 11.4. The quantitative estimate of drug-likeness (QED) is 0.827. The van der Waals surface area contributed by atoms with E-state index in [4.69, 9.17) is 4.74 Å². The summed E-state index contributed by atoms with van der Waals surface area (Å²) in [5.41, 5.74) is 1.00. The first-order valence-electron chi connectivity index (χ1n) is 5.11. The van der Waals surface area contributed by atoms with E-state index in [1.807, 2.05) is 6.07 Å². The average Bonchev–Trinajstić information content (AvgIpc) is 2.30. The monoisotopic (exact) mass is 245 g/mol. The lowest BCUT2D eigenvalue weighted by atomic mass is 10.1. The lowest BCUT2D eigenvalue weighted by molar-refractivity contribution is 0.0768. The Morgan fingerprint density at radius 1 is 1.44 bits per heavy atom. The fourth-order valence-electron chi connectivity index (χ4n) is 1.69. The maximum atomic E-state index is 12.2. The molecule has 2 rings (SSSR count). The van der Waals surface area contributed by atoms with Gasteiger partial charge in [-0.05, 0) is 17.7 Å². The molecule has 2 nitrogen and oxygen atoms in total. The highest BCUT2D eigenvalue weighted by Crippen LogP contribution is 2.27. The van der Waals surface area contributed by atoms with Gasteiger partial charge in [0.15, 0.2) is 0 Å². The Balaban J connectivity index is 2.08. The molecule has 88 valence electrons. The summed E-state index contributed by atoms with van der Waals surface area (Å²) < 4.78 is 29.8. The van der Waals surface area contributed by atoms with Crippen molar-refractivity contribution in [2.24, 2.45) is 0 Å². The van der Waals surface area contributed by atoms with E-state index in [2.05, 4.69) is 5.32 Å². The normalized spacial score (nSPS) is 21.3. The fraction of sp³-hybridized carbons (Fsp3) is 0.455. The lowest BCUT2D eigenvalue weighted by Crippen LogP contribution is -2.34. The second-order valence-electron chi connectivity index (χ2n) is 3.53. The largest absolute Gasteiger partial charge is 0.378 e. The van der Waals surface area contributed by atoms with Crippen molar-refractivity contribution in [2.45, 2.75) is 16.7 Å². The summed E-state index contributed by atoms with van der Waals surface area (Å²) in [5, 5.41) is 3.29. The predicted octanol–water partition coefficient (Wildman–Crippen LogP) is 2.66. The molecule has 1 heterocycles. The number of morpholine rings is 1. The Labute approximate surface area is 97.4 Å². The molecule has 0 saturated carbocycles. The molecule has 1 aliphatic rings. The molecule has 16 heavy (non-hydrogen) atoms. The van der Waals surface area contributed by atoms with E-state index in [0.717, 1.165) is 12.1 Å². The third-order valence-corrected chi connectivity index (χ3v) is 3.11. The van der Waals surface area contributed by atoms with Crippen LogP contribution in [-0.2, 0) is 4.74 Å². The van der Waals surface area contributed by atoms with Crippen molar-refractivity contribution in [1.29, 1.82) is 0 Å². The maximum Gasteiger partial charge on any atom is 0.288 e. The van der Waals surface area contributed by atoms with Gasteiger partial charge in [0.1, 0.15) is 0 Å². The highest BCUT2D eigenvalue weighted by Gasteiger charge is 2.15. The molecule has 1 fully saturated rings. The van der Waals surface area contributed by atoms with E-state index in [-0.39, 0.29) is 6.04 Å². The fourth-order valence-corrected chi connectivity index (χ4v) is 2.25. The molecule has 0 aromatic heterocycles. The summed E-state index contributed by atoms with van der Waals surface area (Å²) in [5.74, 6) is -2.37. The van der Waals surface area contributed by atoms with E-state index in [0.29, 0.717) is 29.9 Å². The van der Waals surface area contributed by atoms with Crippen molar-refractivity contribution in [3.63, 3.8) is 0 Å². The Kier molecular flexibility index (Phi) is 4.15. The maximum absolute atomic E-state index is 12.2. The second kappa shape index (κ2) is 5.61. The van der Waals surface area contributed by atoms with Gasteiger partial charge in [0.05, 0.1) is 19.3 Å². The Morgan fingerprint density at radius 2 is 2.31 bits per heavy atom. The number of halogens is 2. The van der Waals surface area contributed by atoms with Crippen LogP contribution in [0.3, 0.4) is 0 Å². The van der Waals surface area contributed by atoms with E-state index in [1.54, 1.807) is 18.2 Å². The molecule has 1 N–H and O–H groups in total. The Hall–Kier alpha value is -0.650. The molecular weight excluding hydrogens is 232 g/mol. The minimum absolute atomic E-state index is 0.118. The molecule has 0 bridgehead atoms. The molecule has 1 aromatic carbocycles. The summed E-state index contributed by atoms with van der Waals surface area (Å²) in [6, 6.07) is 7.35. The predicted molar refractivity (Wildman–Crippen MR) is 59.9 cm³/mol. The molecule has 1 saturated heterocycles. The van der Waals surface area contributed by atoms with Gasteiger partial charge in [-0.2, -0.15) is 8.78 Å². The van der Waals surface area contributed by atoms with Crippen LogP contribution in [0.2, 0.25) is 0 Å². The van der Waals surface area contributed by atoms with Gasteiger partial charge in [-0.25, -0.2) is 0 Å². The summed E-state index contributed by atoms with van der Waals surface area (Å²) in [4.78, 5) is 0.597. The number of hydrogen-bond donors (Lipinski definition) is 1. The van der Waals surface area contributed by atoms with Gasteiger partial charge < -0.3 is 10.1 Å². The molecular formula is C11H13F2NOS. The number of alkyl halides is 2. The molecule has 1 aliphatic heterocycles. The van der Waals surface area contributed by atoms with Gasteiger partial charge in [-0.15, -0.1) is 0 Å². The van der Waals surface area contributed by atoms with Crippen molar-refractivity contribution in [3.8, 4) is 0 Å². The summed E-state index contributed by atoms with van der Waals surface area (Å²) in [6.45, 7) is 2.11. The molecule has 0 amide bonds. The number of thioether (sulfide) groups is 1. The summed E-state index contributed by atoms with van der Waals surface area (Å²) >= 11 is 0.575. The van der Waals surface area contributed by atoms with Crippen LogP contribution in [0.4, 0.5) is 8.78 Å². The Morgan fingerprint density at radius 3 is 3.00 bits per heavy atom. The zero-order valence-corrected chi connectivity index (χ0v) is 9.47. The van der Waals surface area contributed by atoms with E-state index in [9.17, 15) is 8.78 Å². The van der Waals surface area contributed by atoms with Gasteiger partial charge in [0.2, 0.25) is 0 Å². The lowest BCUT2D eigenvalue weighted by Gasteiger charge is -2.24. The molecule has 0 spiro atoms. The first-order chi connectivity index (χ1) is 7.75. The number of nitrogens with one attached hydrogen (secondary N) is 1. The minimum Gasteiger partial charge on any atom is -0.378 e.